The number of rotatable bonds is 4. The number of likely N-dealkylation sites (N-methyl/N-ethyl adjacent to an activating group) is 1. The molecule has 2 atom stereocenters. The van der Waals surface area contributed by atoms with Crippen LogP contribution < -0.4 is 10.6 Å². The Hall–Kier alpha value is -0.650. The van der Waals surface area contributed by atoms with E-state index in [4.69, 9.17) is 0 Å². The molecule has 0 bridgehead atoms. The van der Waals surface area contributed by atoms with Crippen molar-refractivity contribution in [2.75, 3.05) is 27.2 Å². The van der Waals surface area contributed by atoms with E-state index in [2.05, 4.69) is 29.6 Å². The summed E-state index contributed by atoms with van der Waals surface area (Å²) in [5.41, 5.74) is 0.116. The number of hydrogen-bond donors (Lipinski definition) is 3. The number of carbonyl (C=O) groups excluding carboxylic acids is 1. The number of β-amino-alcohol motifs (C(OH)–C–C–N with tert-alkyl or cyclic N) is 1. The topological polar surface area (TPSA) is 64.6 Å². The fourth-order valence-corrected chi connectivity index (χ4v) is 3.28. The number of nitrogens with zero attached hydrogens (tertiary/aromatic N) is 1. The Labute approximate surface area is 115 Å². The Morgan fingerprint density at radius 2 is 2.05 bits per heavy atom. The second-order valence-corrected chi connectivity index (χ2v) is 6.25. The Morgan fingerprint density at radius 1 is 1.37 bits per heavy atom. The van der Waals surface area contributed by atoms with Crippen LogP contribution in [0.3, 0.4) is 0 Å². The summed E-state index contributed by atoms with van der Waals surface area (Å²) < 4.78 is 0. The lowest BCUT2D eigenvalue weighted by Crippen LogP contribution is -2.55. The average Bonchev–Trinajstić information content (AvgIpc) is 2.83. The van der Waals surface area contributed by atoms with E-state index in [9.17, 15) is 9.90 Å². The minimum Gasteiger partial charge on any atom is -0.392 e. The minimum atomic E-state index is -0.381. The van der Waals surface area contributed by atoms with E-state index < -0.39 is 0 Å². The molecular formula is C14H27N3O2. The first-order chi connectivity index (χ1) is 9.03. The fourth-order valence-electron chi connectivity index (χ4n) is 3.28. The van der Waals surface area contributed by atoms with Crippen molar-refractivity contribution in [1.29, 1.82) is 0 Å². The van der Waals surface area contributed by atoms with Gasteiger partial charge < -0.3 is 20.6 Å². The highest BCUT2D eigenvalue weighted by Gasteiger charge is 2.36. The zero-order chi connectivity index (χ0) is 13.9. The molecule has 19 heavy (non-hydrogen) atoms. The van der Waals surface area contributed by atoms with E-state index in [1.807, 2.05) is 0 Å². The molecule has 0 aromatic rings. The third-order valence-electron chi connectivity index (χ3n) is 4.75. The first-order valence-electron chi connectivity index (χ1n) is 7.40. The van der Waals surface area contributed by atoms with Crippen LogP contribution in [0.4, 0.5) is 0 Å². The number of nitrogens with one attached hydrogen (secondary N) is 2. The van der Waals surface area contributed by atoms with Crippen molar-refractivity contribution in [3.8, 4) is 0 Å². The first-order valence-corrected chi connectivity index (χ1v) is 7.40. The molecule has 2 aliphatic rings. The van der Waals surface area contributed by atoms with Crippen molar-refractivity contribution in [2.24, 2.45) is 0 Å². The highest BCUT2D eigenvalue weighted by Crippen LogP contribution is 2.31. The van der Waals surface area contributed by atoms with Crippen molar-refractivity contribution in [3.05, 3.63) is 0 Å². The summed E-state index contributed by atoms with van der Waals surface area (Å²) in [5, 5.41) is 15.6. The van der Waals surface area contributed by atoms with Gasteiger partial charge in [0.25, 0.3) is 0 Å². The maximum atomic E-state index is 12.1. The molecule has 1 saturated carbocycles. The largest absolute Gasteiger partial charge is 0.392 e. The zero-order valence-corrected chi connectivity index (χ0v) is 12.1. The maximum absolute atomic E-state index is 12.1. The van der Waals surface area contributed by atoms with Crippen molar-refractivity contribution < 1.29 is 9.90 Å². The third kappa shape index (κ3) is 3.46. The highest BCUT2D eigenvalue weighted by atomic mass is 16.3. The summed E-state index contributed by atoms with van der Waals surface area (Å²) in [6, 6.07) is -0.224. The van der Waals surface area contributed by atoms with Crippen molar-refractivity contribution in [2.45, 2.75) is 56.2 Å². The molecule has 1 aliphatic heterocycles. The quantitative estimate of drug-likeness (QED) is 0.677. The van der Waals surface area contributed by atoms with Gasteiger partial charge in [-0.05, 0) is 33.4 Å². The van der Waals surface area contributed by atoms with Gasteiger partial charge in [0.1, 0.15) is 0 Å². The molecule has 2 unspecified atom stereocenters. The van der Waals surface area contributed by atoms with Gasteiger partial charge in [-0.2, -0.15) is 0 Å². The molecule has 1 aliphatic carbocycles. The van der Waals surface area contributed by atoms with Crippen LogP contribution in [0, 0.1) is 0 Å². The van der Waals surface area contributed by atoms with Crippen LogP contribution in [0.25, 0.3) is 0 Å². The molecule has 0 aromatic heterocycles. The van der Waals surface area contributed by atoms with E-state index in [1.54, 1.807) is 0 Å². The van der Waals surface area contributed by atoms with E-state index >= 15 is 0 Å². The molecule has 3 N–H and O–H groups in total. The summed E-state index contributed by atoms with van der Waals surface area (Å²) >= 11 is 0. The van der Waals surface area contributed by atoms with Gasteiger partial charge >= 0.3 is 0 Å². The predicted octanol–water partition coefficient (Wildman–Crippen LogP) is 0.0899. The van der Waals surface area contributed by atoms with Gasteiger partial charge in [-0.25, -0.2) is 0 Å². The fraction of sp³-hybridized carbons (Fsp3) is 0.929. The lowest BCUT2D eigenvalue weighted by Gasteiger charge is -2.43. The van der Waals surface area contributed by atoms with Gasteiger partial charge in [0.2, 0.25) is 5.91 Å². The van der Waals surface area contributed by atoms with Crippen LogP contribution in [0.2, 0.25) is 0 Å². The Morgan fingerprint density at radius 3 is 2.58 bits per heavy atom. The maximum Gasteiger partial charge on any atom is 0.237 e. The second-order valence-electron chi connectivity index (χ2n) is 6.25. The number of aliphatic hydroxyl groups is 1. The van der Waals surface area contributed by atoms with Crippen molar-refractivity contribution >= 4 is 5.91 Å². The molecule has 2 fully saturated rings. The van der Waals surface area contributed by atoms with Crippen LogP contribution in [0.15, 0.2) is 0 Å². The molecule has 0 radical (unpaired) electrons. The summed E-state index contributed by atoms with van der Waals surface area (Å²) in [5.74, 6) is 0.0309. The lowest BCUT2D eigenvalue weighted by atomic mass is 9.80. The normalized spacial score (nSPS) is 30.5. The summed E-state index contributed by atoms with van der Waals surface area (Å²) in [6.07, 6.45) is 6.25. The molecule has 1 heterocycles. The molecule has 110 valence electrons. The summed E-state index contributed by atoms with van der Waals surface area (Å²) in [7, 11) is 4.21. The van der Waals surface area contributed by atoms with Crippen LogP contribution in [-0.4, -0.2) is 60.8 Å². The monoisotopic (exact) mass is 269 g/mol. The zero-order valence-electron chi connectivity index (χ0n) is 12.1. The molecule has 1 amide bonds. The SMILES string of the molecule is CN(C)C1(CNC(=O)C2CC(O)CN2)CCCCC1. The van der Waals surface area contributed by atoms with E-state index in [-0.39, 0.29) is 23.6 Å². The number of hydrogen-bond acceptors (Lipinski definition) is 4. The summed E-state index contributed by atoms with van der Waals surface area (Å²) in [4.78, 5) is 14.4. The predicted molar refractivity (Wildman–Crippen MR) is 74.9 cm³/mol. The number of amides is 1. The molecular weight excluding hydrogens is 242 g/mol. The van der Waals surface area contributed by atoms with Gasteiger partial charge in [0.05, 0.1) is 12.1 Å². The van der Waals surface area contributed by atoms with Gasteiger partial charge in [-0.1, -0.05) is 19.3 Å². The van der Waals surface area contributed by atoms with Gasteiger partial charge in [-0.3, -0.25) is 4.79 Å². The van der Waals surface area contributed by atoms with Gasteiger partial charge in [0, 0.05) is 18.6 Å². The van der Waals surface area contributed by atoms with Gasteiger partial charge in [0.15, 0.2) is 0 Å². The van der Waals surface area contributed by atoms with Crippen LogP contribution in [-0.2, 0) is 4.79 Å². The van der Waals surface area contributed by atoms with Crippen molar-refractivity contribution in [1.82, 2.24) is 15.5 Å². The number of aliphatic hydroxyl groups excluding tert-OH is 1. The van der Waals surface area contributed by atoms with Crippen molar-refractivity contribution in [3.63, 3.8) is 0 Å². The Kier molecular flexibility index (Phi) is 4.81. The number of carbonyl (C=O) groups is 1. The van der Waals surface area contributed by atoms with Gasteiger partial charge in [-0.15, -0.1) is 0 Å². The molecule has 5 heteroatoms. The van der Waals surface area contributed by atoms with E-state index in [0.717, 1.165) is 12.8 Å². The second kappa shape index (κ2) is 6.20. The van der Waals surface area contributed by atoms with Crippen LogP contribution in [0.5, 0.6) is 0 Å². The molecule has 1 saturated heterocycles. The average molecular weight is 269 g/mol. The third-order valence-corrected chi connectivity index (χ3v) is 4.75. The van der Waals surface area contributed by atoms with E-state index in [0.29, 0.717) is 19.5 Å². The first kappa shape index (κ1) is 14.8. The Bertz CT molecular complexity index is 314. The summed E-state index contributed by atoms with van der Waals surface area (Å²) in [6.45, 7) is 1.24. The standard InChI is InChI=1S/C14H27N3O2/c1-17(2)14(6-4-3-5-7-14)10-16-13(19)12-8-11(18)9-15-12/h11-12,15,18H,3-10H2,1-2H3,(H,16,19). The van der Waals surface area contributed by atoms with E-state index in [1.165, 1.54) is 19.3 Å². The molecule has 2 rings (SSSR count). The highest BCUT2D eigenvalue weighted by molar-refractivity contribution is 5.82. The molecule has 0 aromatic carbocycles. The molecule has 0 spiro atoms. The van der Waals surface area contributed by atoms with Crippen LogP contribution >= 0.6 is 0 Å². The lowest BCUT2D eigenvalue weighted by molar-refractivity contribution is -0.123. The van der Waals surface area contributed by atoms with Crippen LogP contribution in [0.1, 0.15) is 38.5 Å². The smallest absolute Gasteiger partial charge is 0.237 e. The minimum absolute atomic E-state index is 0.0309. The Balaban J connectivity index is 1.86. The molecule has 5 nitrogen and oxygen atoms in total.